The maximum atomic E-state index is 4.70. The summed E-state index contributed by atoms with van der Waals surface area (Å²) >= 11 is 0. The Labute approximate surface area is 89.1 Å². The molecule has 0 fully saturated rings. The van der Waals surface area contributed by atoms with Crippen LogP contribution >= 0.6 is 0 Å². The normalized spacial score (nSPS) is 30.9. The van der Waals surface area contributed by atoms with Gasteiger partial charge in [0, 0.05) is 5.57 Å². The van der Waals surface area contributed by atoms with E-state index in [0.29, 0.717) is 0 Å². The summed E-state index contributed by atoms with van der Waals surface area (Å²) in [6, 6.07) is 0.300. The summed E-state index contributed by atoms with van der Waals surface area (Å²) in [4.78, 5) is 4.70. The van der Waals surface area contributed by atoms with Crippen molar-refractivity contribution in [3.05, 3.63) is 60.4 Å². The zero-order chi connectivity index (χ0) is 10.1. The van der Waals surface area contributed by atoms with Crippen LogP contribution in [0.2, 0.25) is 0 Å². The molecule has 3 aliphatic rings. The zero-order valence-electron chi connectivity index (χ0n) is 8.22. The lowest BCUT2D eigenvalue weighted by Gasteiger charge is -2.14. The van der Waals surface area contributed by atoms with Gasteiger partial charge >= 0.3 is 0 Å². The first-order valence-corrected chi connectivity index (χ1v) is 5.09. The molecule has 1 heterocycles. The van der Waals surface area contributed by atoms with E-state index < -0.39 is 0 Å². The number of allylic oxidation sites excluding steroid dienone is 4. The van der Waals surface area contributed by atoms with Crippen LogP contribution in [-0.4, -0.2) is 17.8 Å². The number of rotatable bonds is 0. The van der Waals surface area contributed by atoms with E-state index >= 15 is 0 Å². The van der Waals surface area contributed by atoms with Gasteiger partial charge in [-0.3, -0.25) is 4.99 Å². The number of nitrogens with zero attached hydrogens (tertiary/aromatic N) is 1. The van der Waals surface area contributed by atoms with Crippen LogP contribution in [0.15, 0.2) is 59.2 Å². The van der Waals surface area contributed by atoms with Crippen LogP contribution in [0.3, 0.4) is 0 Å². The Morgan fingerprint density at radius 3 is 2.93 bits per heavy atom. The van der Waals surface area contributed by atoms with Crippen LogP contribution in [0, 0.1) is 6.20 Å². The summed E-state index contributed by atoms with van der Waals surface area (Å²) in [6.45, 7) is 0. The van der Waals surface area contributed by atoms with Gasteiger partial charge in [-0.1, -0.05) is 42.5 Å². The van der Waals surface area contributed by atoms with Gasteiger partial charge < -0.3 is 5.32 Å². The Kier molecular flexibility index (Phi) is 1.91. The molecule has 1 radical (unpaired) electrons. The molecule has 1 aliphatic heterocycles. The van der Waals surface area contributed by atoms with Gasteiger partial charge in [-0.05, 0) is 6.08 Å². The SMILES string of the molecule is [C]1=C2C=CC=CC2N=C2C=CC=CC2N1. The van der Waals surface area contributed by atoms with Gasteiger partial charge in [-0.25, -0.2) is 0 Å². The monoisotopic (exact) mass is 195 g/mol. The molecular weight excluding hydrogens is 184 g/mol. The van der Waals surface area contributed by atoms with Crippen LogP contribution < -0.4 is 5.32 Å². The quantitative estimate of drug-likeness (QED) is 0.625. The minimum atomic E-state index is 0.124. The van der Waals surface area contributed by atoms with Crippen molar-refractivity contribution in [3.8, 4) is 0 Å². The van der Waals surface area contributed by atoms with E-state index in [-0.39, 0.29) is 12.1 Å². The predicted octanol–water partition coefficient (Wildman–Crippen LogP) is 1.71. The molecule has 0 bridgehead atoms. The molecule has 2 heteroatoms. The van der Waals surface area contributed by atoms with Gasteiger partial charge in [0.15, 0.2) is 0 Å². The number of fused-ring (bicyclic) bond motifs is 2. The van der Waals surface area contributed by atoms with Gasteiger partial charge in [-0.15, -0.1) is 0 Å². The Morgan fingerprint density at radius 1 is 1.07 bits per heavy atom. The minimum Gasteiger partial charge on any atom is -0.371 e. The van der Waals surface area contributed by atoms with Gasteiger partial charge in [-0.2, -0.15) is 0 Å². The number of hydrogen-bond acceptors (Lipinski definition) is 2. The molecule has 0 aromatic heterocycles. The van der Waals surface area contributed by atoms with Crippen molar-refractivity contribution in [2.24, 2.45) is 4.99 Å². The lowest BCUT2D eigenvalue weighted by molar-refractivity contribution is 0.853. The first-order valence-electron chi connectivity index (χ1n) is 5.09. The molecule has 2 nitrogen and oxygen atoms in total. The van der Waals surface area contributed by atoms with Crippen LogP contribution in [0.5, 0.6) is 0 Å². The second kappa shape index (κ2) is 3.39. The third kappa shape index (κ3) is 1.48. The van der Waals surface area contributed by atoms with Gasteiger partial charge in [0.25, 0.3) is 0 Å². The van der Waals surface area contributed by atoms with Crippen molar-refractivity contribution in [2.75, 3.05) is 0 Å². The van der Waals surface area contributed by atoms with E-state index in [4.69, 9.17) is 4.99 Å². The Morgan fingerprint density at radius 2 is 1.93 bits per heavy atom. The third-order valence-corrected chi connectivity index (χ3v) is 2.66. The second-order valence-corrected chi connectivity index (χ2v) is 3.69. The largest absolute Gasteiger partial charge is 0.371 e. The highest BCUT2D eigenvalue weighted by atomic mass is 15.0. The fraction of sp³-hybridized carbons (Fsp3) is 0.154. The van der Waals surface area contributed by atoms with Crippen LogP contribution in [-0.2, 0) is 0 Å². The highest BCUT2D eigenvalue weighted by molar-refractivity contribution is 6.02. The highest BCUT2D eigenvalue weighted by Crippen LogP contribution is 2.18. The summed E-state index contributed by atoms with van der Waals surface area (Å²) < 4.78 is 0. The molecule has 3 rings (SSSR count). The van der Waals surface area contributed by atoms with Crippen LogP contribution in [0.4, 0.5) is 0 Å². The lowest BCUT2D eigenvalue weighted by Crippen LogP contribution is -2.30. The van der Waals surface area contributed by atoms with Crippen molar-refractivity contribution < 1.29 is 0 Å². The van der Waals surface area contributed by atoms with Crippen LogP contribution in [0.1, 0.15) is 0 Å². The summed E-state index contributed by atoms with van der Waals surface area (Å²) in [7, 11) is 0. The fourth-order valence-electron chi connectivity index (χ4n) is 1.86. The van der Waals surface area contributed by atoms with E-state index in [9.17, 15) is 0 Å². The number of hydrogen-bond donors (Lipinski definition) is 1. The molecule has 2 aliphatic carbocycles. The molecule has 0 amide bonds. The molecule has 0 aromatic rings. The van der Waals surface area contributed by atoms with Gasteiger partial charge in [0.05, 0.1) is 24.0 Å². The van der Waals surface area contributed by atoms with Crippen molar-refractivity contribution in [3.63, 3.8) is 0 Å². The standard InChI is InChI=1S/C13H11N2/c1-2-6-11-10(5-1)9-14-12-7-3-4-8-13(12)15-11/h1-8,11-12,14H. The first-order chi connectivity index (χ1) is 7.43. The second-order valence-electron chi connectivity index (χ2n) is 3.69. The smallest absolute Gasteiger partial charge is 0.0958 e. The van der Waals surface area contributed by atoms with E-state index in [2.05, 4.69) is 29.7 Å². The fourth-order valence-corrected chi connectivity index (χ4v) is 1.86. The molecule has 0 saturated heterocycles. The maximum absolute atomic E-state index is 4.70. The van der Waals surface area contributed by atoms with E-state index in [1.54, 1.807) is 0 Å². The molecule has 0 saturated carbocycles. The highest BCUT2D eigenvalue weighted by Gasteiger charge is 2.19. The first kappa shape index (κ1) is 8.48. The number of aliphatic imine (C=N–C) groups is 1. The Bertz CT molecular complexity index is 447. The van der Waals surface area contributed by atoms with Crippen molar-refractivity contribution >= 4 is 5.71 Å². The summed E-state index contributed by atoms with van der Waals surface area (Å²) in [5, 5.41) is 3.24. The zero-order valence-corrected chi connectivity index (χ0v) is 8.22. The number of nitrogens with one attached hydrogen (secondary N) is 1. The van der Waals surface area contributed by atoms with E-state index in [1.165, 1.54) is 0 Å². The summed E-state index contributed by atoms with van der Waals surface area (Å²) in [5.74, 6) is 0. The van der Waals surface area contributed by atoms with Crippen molar-refractivity contribution in [1.82, 2.24) is 5.32 Å². The average molecular weight is 195 g/mol. The van der Waals surface area contributed by atoms with E-state index in [1.807, 2.05) is 30.4 Å². The molecular formula is C13H11N2. The van der Waals surface area contributed by atoms with Gasteiger partial charge in [0.2, 0.25) is 0 Å². The molecule has 2 atom stereocenters. The van der Waals surface area contributed by atoms with Crippen LogP contribution in [0.25, 0.3) is 0 Å². The molecule has 2 unspecified atom stereocenters. The predicted molar refractivity (Wildman–Crippen MR) is 61.5 cm³/mol. The molecule has 0 aromatic carbocycles. The lowest BCUT2D eigenvalue weighted by atomic mass is 10.0. The molecule has 0 spiro atoms. The Balaban J connectivity index is 2.02. The molecule has 1 N–H and O–H groups in total. The summed E-state index contributed by atoms with van der Waals surface area (Å²) in [5.41, 5.74) is 2.17. The minimum absolute atomic E-state index is 0.124. The van der Waals surface area contributed by atoms with Gasteiger partial charge in [0.1, 0.15) is 0 Å². The molecule has 73 valence electrons. The summed E-state index contributed by atoms with van der Waals surface area (Å²) in [6.07, 6.45) is 19.6. The average Bonchev–Trinajstić information content (AvgIpc) is 2.48. The Hall–Kier alpha value is -1.83. The van der Waals surface area contributed by atoms with E-state index in [0.717, 1.165) is 11.3 Å². The maximum Gasteiger partial charge on any atom is 0.0958 e. The third-order valence-electron chi connectivity index (χ3n) is 2.66. The van der Waals surface area contributed by atoms with Crippen molar-refractivity contribution in [2.45, 2.75) is 12.1 Å². The topological polar surface area (TPSA) is 24.4 Å². The molecule has 15 heavy (non-hydrogen) atoms. The van der Waals surface area contributed by atoms with Crippen molar-refractivity contribution in [1.29, 1.82) is 0 Å².